The van der Waals surface area contributed by atoms with Gasteiger partial charge in [-0.2, -0.15) is 0 Å². The minimum atomic E-state index is -0.310. The van der Waals surface area contributed by atoms with Gasteiger partial charge < -0.3 is 20.3 Å². The molecule has 0 bridgehead atoms. The molecular formula is C15H25N3O2. The van der Waals surface area contributed by atoms with E-state index in [-0.39, 0.29) is 5.97 Å². The zero-order valence-corrected chi connectivity index (χ0v) is 12.8. The van der Waals surface area contributed by atoms with Crippen LogP contribution in [0.3, 0.4) is 0 Å². The first-order valence-corrected chi connectivity index (χ1v) is 6.88. The first kappa shape index (κ1) is 16.3. The number of benzene rings is 1. The maximum Gasteiger partial charge on any atom is 0.338 e. The van der Waals surface area contributed by atoms with Gasteiger partial charge in [-0.1, -0.05) is 0 Å². The van der Waals surface area contributed by atoms with E-state index < -0.39 is 0 Å². The number of carbonyl (C=O) groups excluding carboxylic acids is 1. The zero-order chi connectivity index (χ0) is 15.1. The zero-order valence-electron chi connectivity index (χ0n) is 12.8. The van der Waals surface area contributed by atoms with Gasteiger partial charge in [-0.25, -0.2) is 4.79 Å². The van der Waals surface area contributed by atoms with Crippen LogP contribution in [0.15, 0.2) is 18.2 Å². The van der Waals surface area contributed by atoms with Crippen LogP contribution in [0, 0.1) is 0 Å². The van der Waals surface area contributed by atoms with E-state index in [1.807, 2.05) is 7.05 Å². The largest absolute Gasteiger partial charge is 0.462 e. The summed E-state index contributed by atoms with van der Waals surface area (Å²) in [6, 6.07) is 5.25. The Labute approximate surface area is 121 Å². The lowest BCUT2D eigenvalue weighted by Gasteiger charge is -2.22. The van der Waals surface area contributed by atoms with Crippen LogP contribution in [0.5, 0.6) is 0 Å². The normalized spacial score (nSPS) is 10.7. The van der Waals surface area contributed by atoms with Crippen molar-refractivity contribution in [2.45, 2.75) is 13.3 Å². The number of hydrogen-bond acceptors (Lipinski definition) is 5. The standard InChI is InChI=1S/C15H25N3O2/c1-5-20-15(19)12-7-8-13(16)14(11-12)18(4)10-6-9-17(2)3/h7-8,11H,5-6,9-10,16H2,1-4H3. The monoisotopic (exact) mass is 279 g/mol. The molecule has 2 N–H and O–H groups in total. The second-order valence-electron chi connectivity index (χ2n) is 5.07. The Hall–Kier alpha value is -1.75. The van der Waals surface area contributed by atoms with Crippen molar-refractivity contribution in [3.8, 4) is 0 Å². The van der Waals surface area contributed by atoms with Crippen LogP contribution in [0.1, 0.15) is 23.7 Å². The predicted molar refractivity (Wildman–Crippen MR) is 83.3 cm³/mol. The summed E-state index contributed by atoms with van der Waals surface area (Å²) in [4.78, 5) is 16.0. The maximum atomic E-state index is 11.7. The lowest BCUT2D eigenvalue weighted by molar-refractivity contribution is 0.0526. The molecule has 0 aliphatic carbocycles. The lowest BCUT2D eigenvalue weighted by atomic mass is 10.1. The summed E-state index contributed by atoms with van der Waals surface area (Å²) in [6.45, 7) is 4.07. The van der Waals surface area contributed by atoms with Crippen molar-refractivity contribution in [3.05, 3.63) is 23.8 Å². The van der Waals surface area contributed by atoms with Gasteiger partial charge >= 0.3 is 5.97 Å². The maximum absolute atomic E-state index is 11.7. The number of ether oxygens (including phenoxy) is 1. The fourth-order valence-corrected chi connectivity index (χ4v) is 1.96. The van der Waals surface area contributed by atoms with Gasteiger partial charge in [-0.05, 0) is 52.2 Å². The quantitative estimate of drug-likeness (QED) is 0.609. The van der Waals surface area contributed by atoms with Crippen molar-refractivity contribution < 1.29 is 9.53 Å². The lowest BCUT2D eigenvalue weighted by Crippen LogP contribution is -2.24. The summed E-state index contributed by atoms with van der Waals surface area (Å²) in [5.41, 5.74) is 8.07. The molecule has 0 aliphatic rings. The Morgan fingerprint density at radius 3 is 2.55 bits per heavy atom. The molecule has 0 fully saturated rings. The highest BCUT2D eigenvalue weighted by Crippen LogP contribution is 2.24. The van der Waals surface area contributed by atoms with E-state index in [9.17, 15) is 4.79 Å². The molecular weight excluding hydrogens is 254 g/mol. The molecule has 0 heterocycles. The van der Waals surface area contributed by atoms with E-state index >= 15 is 0 Å². The van der Waals surface area contributed by atoms with E-state index in [0.717, 1.165) is 25.2 Å². The minimum absolute atomic E-state index is 0.310. The number of anilines is 2. The Kier molecular flexibility index (Phi) is 6.31. The van der Waals surface area contributed by atoms with Crippen molar-refractivity contribution in [1.29, 1.82) is 0 Å². The summed E-state index contributed by atoms with van der Waals surface area (Å²) >= 11 is 0. The Bertz CT molecular complexity index is 447. The van der Waals surface area contributed by atoms with Crippen molar-refractivity contribution in [2.75, 3.05) is 51.5 Å². The number of hydrogen-bond donors (Lipinski definition) is 1. The van der Waals surface area contributed by atoms with E-state index in [0.29, 0.717) is 17.9 Å². The van der Waals surface area contributed by atoms with Crippen LogP contribution in [0.25, 0.3) is 0 Å². The van der Waals surface area contributed by atoms with Crippen LogP contribution in [-0.2, 0) is 4.74 Å². The van der Waals surface area contributed by atoms with E-state index in [1.165, 1.54) is 0 Å². The molecule has 0 spiro atoms. The SMILES string of the molecule is CCOC(=O)c1ccc(N)c(N(C)CCCN(C)C)c1. The number of esters is 1. The molecule has 0 atom stereocenters. The molecule has 0 amide bonds. The summed E-state index contributed by atoms with van der Waals surface area (Å²) in [7, 11) is 6.09. The predicted octanol–water partition coefficient (Wildman–Crippen LogP) is 1.83. The van der Waals surface area contributed by atoms with Gasteiger partial charge in [-0.15, -0.1) is 0 Å². The van der Waals surface area contributed by atoms with Crippen molar-refractivity contribution >= 4 is 17.3 Å². The fraction of sp³-hybridized carbons (Fsp3) is 0.533. The molecule has 0 saturated carbocycles. The third-order valence-corrected chi connectivity index (χ3v) is 3.05. The van der Waals surface area contributed by atoms with Crippen molar-refractivity contribution in [1.82, 2.24) is 4.90 Å². The number of rotatable bonds is 7. The van der Waals surface area contributed by atoms with E-state index in [4.69, 9.17) is 10.5 Å². The molecule has 5 nitrogen and oxygen atoms in total. The summed E-state index contributed by atoms with van der Waals surface area (Å²) in [5.74, 6) is -0.310. The Morgan fingerprint density at radius 1 is 1.25 bits per heavy atom. The second kappa shape index (κ2) is 7.75. The molecule has 20 heavy (non-hydrogen) atoms. The third-order valence-electron chi connectivity index (χ3n) is 3.05. The van der Waals surface area contributed by atoms with Gasteiger partial charge in [-0.3, -0.25) is 0 Å². The van der Waals surface area contributed by atoms with E-state index in [2.05, 4.69) is 23.9 Å². The van der Waals surface area contributed by atoms with Gasteiger partial charge in [0.15, 0.2) is 0 Å². The molecule has 112 valence electrons. The number of carbonyl (C=O) groups is 1. The first-order valence-electron chi connectivity index (χ1n) is 6.88. The molecule has 5 heteroatoms. The summed E-state index contributed by atoms with van der Waals surface area (Å²) < 4.78 is 5.01. The van der Waals surface area contributed by atoms with Crippen molar-refractivity contribution in [3.63, 3.8) is 0 Å². The number of nitrogen functional groups attached to an aromatic ring is 1. The second-order valence-corrected chi connectivity index (χ2v) is 5.07. The average Bonchev–Trinajstić information content (AvgIpc) is 2.38. The highest BCUT2D eigenvalue weighted by Gasteiger charge is 2.11. The molecule has 0 saturated heterocycles. The van der Waals surface area contributed by atoms with Gasteiger partial charge in [0.1, 0.15) is 0 Å². The van der Waals surface area contributed by atoms with E-state index in [1.54, 1.807) is 25.1 Å². The fourth-order valence-electron chi connectivity index (χ4n) is 1.96. The topological polar surface area (TPSA) is 58.8 Å². The first-order chi connectivity index (χ1) is 9.45. The van der Waals surface area contributed by atoms with Crippen LogP contribution >= 0.6 is 0 Å². The summed E-state index contributed by atoms with van der Waals surface area (Å²) in [5, 5.41) is 0. The molecule has 0 aliphatic heterocycles. The average molecular weight is 279 g/mol. The highest BCUT2D eigenvalue weighted by molar-refractivity contribution is 5.92. The molecule has 0 radical (unpaired) electrons. The Balaban J connectivity index is 2.77. The number of nitrogens with zero attached hydrogens (tertiary/aromatic N) is 2. The van der Waals surface area contributed by atoms with Crippen LogP contribution < -0.4 is 10.6 Å². The van der Waals surface area contributed by atoms with Crippen LogP contribution in [0.4, 0.5) is 11.4 Å². The van der Waals surface area contributed by atoms with Gasteiger partial charge in [0, 0.05) is 13.6 Å². The van der Waals surface area contributed by atoms with Gasteiger partial charge in [0.05, 0.1) is 23.5 Å². The smallest absolute Gasteiger partial charge is 0.338 e. The molecule has 0 unspecified atom stereocenters. The van der Waals surface area contributed by atoms with Crippen molar-refractivity contribution in [2.24, 2.45) is 0 Å². The summed E-state index contributed by atoms with van der Waals surface area (Å²) in [6.07, 6.45) is 1.03. The number of nitrogens with two attached hydrogens (primary N) is 1. The van der Waals surface area contributed by atoms with Crippen LogP contribution in [-0.4, -0.2) is 51.7 Å². The van der Waals surface area contributed by atoms with Gasteiger partial charge in [0.25, 0.3) is 0 Å². The molecule has 1 rings (SSSR count). The van der Waals surface area contributed by atoms with Gasteiger partial charge in [0.2, 0.25) is 0 Å². The molecule has 1 aromatic carbocycles. The molecule has 1 aromatic rings. The minimum Gasteiger partial charge on any atom is -0.462 e. The third kappa shape index (κ3) is 4.74. The molecule has 0 aromatic heterocycles. The highest BCUT2D eigenvalue weighted by atomic mass is 16.5. The Morgan fingerprint density at radius 2 is 1.95 bits per heavy atom. The van der Waals surface area contributed by atoms with Crippen LogP contribution in [0.2, 0.25) is 0 Å².